The summed E-state index contributed by atoms with van der Waals surface area (Å²) in [5.41, 5.74) is -0.0314. The summed E-state index contributed by atoms with van der Waals surface area (Å²) in [5, 5.41) is 13.6. The van der Waals surface area contributed by atoms with Crippen LogP contribution in [0.3, 0.4) is 0 Å². The van der Waals surface area contributed by atoms with E-state index in [4.69, 9.17) is 28.3 Å². The third kappa shape index (κ3) is 2.69. The molecule has 20 heavy (non-hydrogen) atoms. The van der Waals surface area contributed by atoms with Gasteiger partial charge in [0.05, 0.1) is 15.7 Å². The summed E-state index contributed by atoms with van der Waals surface area (Å²) in [6.07, 6.45) is 0.516. The van der Waals surface area contributed by atoms with Crippen LogP contribution in [0.5, 0.6) is 0 Å². The smallest absolute Gasteiger partial charge is 0.360 e. The van der Waals surface area contributed by atoms with Crippen LogP contribution in [0.25, 0.3) is 5.69 Å². The van der Waals surface area contributed by atoms with Crippen molar-refractivity contribution in [3.05, 3.63) is 55.9 Å². The van der Waals surface area contributed by atoms with Gasteiger partial charge in [0.1, 0.15) is 0 Å². The van der Waals surface area contributed by atoms with Gasteiger partial charge in [-0.05, 0) is 24.6 Å². The zero-order valence-corrected chi connectivity index (χ0v) is 11.9. The highest BCUT2D eigenvalue weighted by molar-refractivity contribution is 6.42. The summed E-state index contributed by atoms with van der Waals surface area (Å²) in [4.78, 5) is 22.6. The Kier molecular flexibility index (Phi) is 4.11. The number of nitrogens with zero attached hydrogens (tertiary/aromatic N) is 2. The molecule has 2 aromatic rings. The molecule has 0 fully saturated rings. The average Bonchev–Trinajstić information content (AvgIpc) is 2.41. The number of benzene rings is 1. The fraction of sp³-hybridized carbons (Fsp3) is 0.154. The zero-order valence-electron chi connectivity index (χ0n) is 10.4. The molecule has 0 aliphatic rings. The molecule has 0 bridgehead atoms. The Bertz CT molecular complexity index is 741. The highest BCUT2D eigenvalue weighted by Gasteiger charge is 2.15. The predicted octanol–water partition coefficient (Wildman–Crippen LogP) is 2.80. The maximum absolute atomic E-state index is 11.6. The van der Waals surface area contributed by atoms with Crippen molar-refractivity contribution in [2.45, 2.75) is 13.3 Å². The molecule has 0 saturated heterocycles. The summed E-state index contributed by atoms with van der Waals surface area (Å²) in [6, 6.07) is 6.06. The lowest BCUT2D eigenvalue weighted by Crippen LogP contribution is -2.23. The van der Waals surface area contributed by atoms with Crippen LogP contribution < -0.4 is 5.43 Å². The fourth-order valence-electron chi connectivity index (χ4n) is 1.73. The maximum atomic E-state index is 11.6. The van der Waals surface area contributed by atoms with Gasteiger partial charge in [-0.2, -0.15) is 5.10 Å². The van der Waals surface area contributed by atoms with Crippen molar-refractivity contribution in [1.29, 1.82) is 0 Å². The van der Waals surface area contributed by atoms with E-state index in [-0.39, 0.29) is 0 Å². The Morgan fingerprint density at radius 1 is 1.30 bits per heavy atom. The number of halogens is 2. The molecule has 5 nitrogen and oxygen atoms in total. The Labute approximate surface area is 124 Å². The van der Waals surface area contributed by atoms with Gasteiger partial charge >= 0.3 is 5.97 Å². The molecule has 0 spiro atoms. The molecule has 0 radical (unpaired) electrons. The number of aromatic nitrogens is 2. The van der Waals surface area contributed by atoms with E-state index in [0.717, 1.165) is 0 Å². The van der Waals surface area contributed by atoms with Crippen LogP contribution in [-0.4, -0.2) is 20.9 Å². The molecule has 0 amide bonds. The van der Waals surface area contributed by atoms with E-state index < -0.39 is 17.1 Å². The molecule has 1 aromatic carbocycles. The highest BCUT2D eigenvalue weighted by Crippen LogP contribution is 2.24. The Hall–Kier alpha value is -1.85. The second kappa shape index (κ2) is 5.64. The zero-order chi connectivity index (χ0) is 14.9. The minimum absolute atomic E-state index is 0.323. The predicted molar refractivity (Wildman–Crippen MR) is 76.2 cm³/mol. The lowest BCUT2D eigenvalue weighted by Gasteiger charge is -2.12. The van der Waals surface area contributed by atoms with Crippen LogP contribution in [0.4, 0.5) is 0 Å². The maximum Gasteiger partial charge on any atom is 0.360 e. The van der Waals surface area contributed by atoms with Gasteiger partial charge in [-0.15, -0.1) is 0 Å². The van der Waals surface area contributed by atoms with E-state index in [0.29, 0.717) is 27.8 Å². The Morgan fingerprint density at radius 3 is 2.55 bits per heavy atom. The lowest BCUT2D eigenvalue weighted by molar-refractivity contribution is 0.0686. The number of hydrogen-bond donors (Lipinski definition) is 1. The van der Waals surface area contributed by atoms with Crippen LogP contribution in [0.2, 0.25) is 10.0 Å². The molecule has 0 unspecified atom stereocenters. The molecule has 0 saturated carbocycles. The van der Waals surface area contributed by atoms with Crippen molar-refractivity contribution in [3.63, 3.8) is 0 Å². The molecule has 0 aliphatic carbocycles. The molecular formula is C13H10Cl2N2O3. The summed E-state index contributed by atoms with van der Waals surface area (Å²) in [5.74, 6) is -1.37. The van der Waals surface area contributed by atoms with E-state index in [1.165, 1.54) is 10.7 Å². The normalized spacial score (nSPS) is 10.6. The van der Waals surface area contributed by atoms with Gasteiger partial charge in [0.15, 0.2) is 0 Å². The number of carbonyl (C=O) groups is 1. The number of aromatic carboxylic acids is 1. The third-order valence-electron chi connectivity index (χ3n) is 2.72. The van der Waals surface area contributed by atoms with Crippen molar-refractivity contribution in [2.24, 2.45) is 0 Å². The molecule has 0 aliphatic heterocycles. The van der Waals surface area contributed by atoms with E-state index >= 15 is 0 Å². The summed E-state index contributed by atoms with van der Waals surface area (Å²) >= 11 is 11.8. The van der Waals surface area contributed by atoms with Crippen molar-refractivity contribution < 1.29 is 9.90 Å². The molecular weight excluding hydrogens is 303 g/mol. The minimum atomic E-state index is -1.37. The van der Waals surface area contributed by atoms with Gasteiger partial charge in [0.25, 0.3) is 0 Å². The van der Waals surface area contributed by atoms with Gasteiger partial charge in [0, 0.05) is 11.8 Å². The first-order valence-corrected chi connectivity index (χ1v) is 6.51. The summed E-state index contributed by atoms with van der Waals surface area (Å²) < 4.78 is 1.38. The van der Waals surface area contributed by atoms with E-state index in [1.54, 1.807) is 18.2 Å². The van der Waals surface area contributed by atoms with Crippen molar-refractivity contribution in [1.82, 2.24) is 9.78 Å². The quantitative estimate of drug-likeness (QED) is 0.946. The second-order valence-electron chi connectivity index (χ2n) is 4.02. The van der Waals surface area contributed by atoms with Crippen LogP contribution in [0.15, 0.2) is 29.1 Å². The molecule has 1 aromatic heterocycles. The average molecular weight is 313 g/mol. The fourth-order valence-corrected chi connectivity index (χ4v) is 2.03. The van der Waals surface area contributed by atoms with E-state index in [9.17, 15) is 9.59 Å². The lowest BCUT2D eigenvalue weighted by atomic mass is 10.2. The number of carboxylic acid groups (broad SMARTS) is 1. The molecule has 1 heterocycles. The third-order valence-corrected chi connectivity index (χ3v) is 3.45. The first-order valence-electron chi connectivity index (χ1n) is 5.76. The highest BCUT2D eigenvalue weighted by atomic mass is 35.5. The van der Waals surface area contributed by atoms with Gasteiger partial charge in [-0.1, -0.05) is 30.1 Å². The number of hydrogen-bond acceptors (Lipinski definition) is 3. The van der Waals surface area contributed by atoms with Gasteiger partial charge in [-0.3, -0.25) is 4.79 Å². The van der Waals surface area contributed by atoms with E-state index in [2.05, 4.69) is 5.10 Å². The van der Waals surface area contributed by atoms with Crippen molar-refractivity contribution in [2.75, 3.05) is 0 Å². The van der Waals surface area contributed by atoms with Crippen molar-refractivity contribution >= 4 is 29.2 Å². The van der Waals surface area contributed by atoms with Gasteiger partial charge < -0.3 is 5.11 Å². The molecule has 7 heteroatoms. The van der Waals surface area contributed by atoms with Crippen LogP contribution in [0.1, 0.15) is 23.1 Å². The standard InChI is InChI=1S/C13H10Cl2N2O3/c1-2-7-6-11(18)12(13(19)20)16-17(7)8-3-4-9(14)10(15)5-8/h3-6H,2H2,1H3,(H,19,20). The van der Waals surface area contributed by atoms with E-state index in [1.807, 2.05) is 6.92 Å². The SMILES string of the molecule is CCc1cc(=O)c(C(=O)O)nn1-c1ccc(Cl)c(Cl)c1. The first-order chi connectivity index (χ1) is 9.43. The summed E-state index contributed by atoms with van der Waals surface area (Å²) in [7, 11) is 0. The number of rotatable bonds is 3. The number of aryl methyl sites for hydroxylation is 1. The van der Waals surface area contributed by atoms with Crippen LogP contribution in [-0.2, 0) is 6.42 Å². The molecule has 1 N–H and O–H groups in total. The minimum Gasteiger partial charge on any atom is -0.476 e. The Morgan fingerprint density at radius 2 is 2.00 bits per heavy atom. The largest absolute Gasteiger partial charge is 0.476 e. The second-order valence-corrected chi connectivity index (χ2v) is 4.83. The van der Waals surface area contributed by atoms with Crippen LogP contribution >= 0.6 is 23.2 Å². The number of carboxylic acids is 1. The van der Waals surface area contributed by atoms with Gasteiger partial charge in [0.2, 0.25) is 11.1 Å². The van der Waals surface area contributed by atoms with Crippen molar-refractivity contribution in [3.8, 4) is 5.69 Å². The Balaban J connectivity index is 2.71. The summed E-state index contributed by atoms with van der Waals surface area (Å²) in [6.45, 7) is 1.84. The monoisotopic (exact) mass is 312 g/mol. The molecule has 0 atom stereocenters. The molecule has 2 rings (SSSR count). The van der Waals surface area contributed by atoms with Crippen LogP contribution in [0, 0.1) is 0 Å². The van der Waals surface area contributed by atoms with Gasteiger partial charge in [-0.25, -0.2) is 9.48 Å². The first kappa shape index (κ1) is 14.6. The topological polar surface area (TPSA) is 72.2 Å². The molecule has 104 valence electrons.